The Morgan fingerprint density at radius 3 is 2.40 bits per heavy atom. The summed E-state index contributed by atoms with van der Waals surface area (Å²) in [5, 5.41) is 0. The highest BCUT2D eigenvalue weighted by molar-refractivity contribution is 7.39. The van der Waals surface area contributed by atoms with E-state index in [0.29, 0.717) is 11.8 Å². The fraction of sp³-hybridized carbons (Fsp3) is 0.600. The van der Waals surface area contributed by atoms with Crippen molar-refractivity contribution in [3.8, 4) is 5.75 Å². The van der Waals surface area contributed by atoms with Crippen molar-refractivity contribution in [2.75, 3.05) is 6.79 Å². The van der Waals surface area contributed by atoms with E-state index >= 15 is 0 Å². The molecular weight excluding hydrogens is 275 g/mol. The predicted octanol–water partition coefficient (Wildman–Crippen LogP) is 3.89. The number of hydrogen-bond acceptors (Lipinski definition) is 4. The van der Waals surface area contributed by atoms with Crippen molar-refractivity contribution in [3.05, 3.63) is 29.3 Å². The number of rotatable bonds is 7. The molecule has 0 spiro atoms. The normalized spacial score (nSPS) is 16.8. The van der Waals surface area contributed by atoms with E-state index in [1.807, 2.05) is 0 Å². The standard InChI is InChI=1S/C15H23O4P/c1-10(2)13-5-4-6-14(11(3)12-7-8-12)15(13)18-9-19-20(16)17/h4-6,10-12,16-17H,7-9H2,1-3H3. The summed E-state index contributed by atoms with van der Waals surface area (Å²) < 4.78 is 10.5. The lowest BCUT2D eigenvalue weighted by atomic mass is 9.90. The first-order valence-electron chi connectivity index (χ1n) is 7.07. The molecule has 0 amide bonds. The van der Waals surface area contributed by atoms with Gasteiger partial charge in [0.2, 0.25) is 0 Å². The highest BCUT2D eigenvalue weighted by Crippen LogP contribution is 2.46. The van der Waals surface area contributed by atoms with Crippen molar-refractivity contribution in [1.82, 2.24) is 0 Å². The third-order valence-electron chi connectivity index (χ3n) is 3.89. The molecule has 1 atom stereocenters. The molecule has 4 nitrogen and oxygen atoms in total. The van der Waals surface area contributed by atoms with Gasteiger partial charge in [0.25, 0.3) is 0 Å². The maximum absolute atomic E-state index is 8.80. The van der Waals surface area contributed by atoms with Gasteiger partial charge in [-0.25, -0.2) is 0 Å². The average molecular weight is 298 g/mol. The molecule has 0 bridgehead atoms. The Morgan fingerprint density at radius 1 is 1.20 bits per heavy atom. The van der Waals surface area contributed by atoms with E-state index in [2.05, 4.69) is 39.0 Å². The van der Waals surface area contributed by atoms with Gasteiger partial charge < -0.3 is 14.5 Å². The zero-order valence-electron chi connectivity index (χ0n) is 12.2. The monoisotopic (exact) mass is 298 g/mol. The van der Waals surface area contributed by atoms with Gasteiger partial charge in [-0.3, -0.25) is 4.52 Å². The lowest BCUT2D eigenvalue weighted by molar-refractivity contribution is 0.102. The summed E-state index contributed by atoms with van der Waals surface area (Å²) >= 11 is 0. The second-order valence-corrected chi connectivity index (χ2v) is 6.45. The highest BCUT2D eigenvalue weighted by atomic mass is 31.2. The summed E-state index contributed by atoms with van der Waals surface area (Å²) in [5.41, 5.74) is 2.33. The molecule has 1 unspecified atom stereocenters. The molecule has 112 valence electrons. The Kier molecular flexibility index (Phi) is 5.39. The maximum atomic E-state index is 8.80. The summed E-state index contributed by atoms with van der Waals surface area (Å²) in [6.07, 6.45) is 2.56. The maximum Gasteiger partial charge on any atom is 0.330 e. The number of para-hydroxylation sites is 1. The van der Waals surface area contributed by atoms with Crippen LogP contribution in [-0.4, -0.2) is 16.6 Å². The van der Waals surface area contributed by atoms with Crippen LogP contribution in [0.3, 0.4) is 0 Å². The lowest BCUT2D eigenvalue weighted by Gasteiger charge is -2.21. The van der Waals surface area contributed by atoms with Crippen molar-refractivity contribution in [2.45, 2.75) is 45.4 Å². The van der Waals surface area contributed by atoms with E-state index in [-0.39, 0.29) is 6.79 Å². The summed E-state index contributed by atoms with van der Waals surface area (Å²) in [6.45, 7) is 6.35. The Balaban J connectivity index is 2.22. The molecule has 0 aliphatic heterocycles. The second-order valence-electron chi connectivity index (χ2n) is 5.69. The van der Waals surface area contributed by atoms with Gasteiger partial charge in [-0.2, -0.15) is 0 Å². The van der Waals surface area contributed by atoms with Crippen LogP contribution in [-0.2, 0) is 4.52 Å². The van der Waals surface area contributed by atoms with E-state index in [0.717, 1.165) is 17.2 Å². The van der Waals surface area contributed by atoms with Gasteiger partial charge in [0.05, 0.1) is 0 Å². The smallest absolute Gasteiger partial charge is 0.330 e. The highest BCUT2D eigenvalue weighted by Gasteiger charge is 2.31. The van der Waals surface area contributed by atoms with Gasteiger partial charge in [-0.15, -0.1) is 0 Å². The molecule has 1 aromatic carbocycles. The van der Waals surface area contributed by atoms with Crippen LogP contribution < -0.4 is 4.74 Å². The minimum Gasteiger partial charge on any atom is -0.466 e. The summed E-state index contributed by atoms with van der Waals surface area (Å²) in [5.74, 6) is 2.40. The van der Waals surface area contributed by atoms with Crippen molar-refractivity contribution in [2.24, 2.45) is 5.92 Å². The number of ether oxygens (including phenoxy) is 1. The average Bonchev–Trinajstić information content (AvgIpc) is 3.21. The van der Waals surface area contributed by atoms with Crippen molar-refractivity contribution in [3.63, 3.8) is 0 Å². The van der Waals surface area contributed by atoms with Crippen molar-refractivity contribution in [1.29, 1.82) is 0 Å². The van der Waals surface area contributed by atoms with E-state index in [1.54, 1.807) is 0 Å². The van der Waals surface area contributed by atoms with Crippen molar-refractivity contribution >= 4 is 8.60 Å². The van der Waals surface area contributed by atoms with Crippen LogP contribution in [0.25, 0.3) is 0 Å². The molecule has 0 radical (unpaired) electrons. The number of benzene rings is 1. The molecule has 1 saturated carbocycles. The molecule has 20 heavy (non-hydrogen) atoms. The third kappa shape index (κ3) is 3.92. The molecule has 0 aromatic heterocycles. The first-order valence-corrected chi connectivity index (χ1v) is 8.23. The van der Waals surface area contributed by atoms with Crippen LogP contribution in [0.2, 0.25) is 0 Å². The van der Waals surface area contributed by atoms with Gasteiger partial charge in [0, 0.05) is 0 Å². The zero-order valence-corrected chi connectivity index (χ0v) is 13.1. The van der Waals surface area contributed by atoms with E-state index in [9.17, 15) is 0 Å². The van der Waals surface area contributed by atoms with Gasteiger partial charge >= 0.3 is 8.60 Å². The molecule has 0 heterocycles. The molecule has 1 aromatic rings. The minimum atomic E-state index is -2.37. The topological polar surface area (TPSA) is 58.9 Å². The summed E-state index contributed by atoms with van der Waals surface area (Å²) in [7, 11) is -2.37. The van der Waals surface area contributed by atoms with E-state index < -0.39 is 8.60 Å². The first-order chi connectivity index (χ1) is 9.50. The summed E-state index contributed by atoms with van der Waals surface area (Å²) in [4.78, 5) is 17.6. The summed E-state index contributed by atoms with van der Waals surface area (Å²) in [6, 6.07) is 6.23. The second kappa shape index (κ2) is 6.86. The Hall–Kier alpha value is -0.670. The van der Waals surface area contributed by atoms with Gasteiger partial charge in [0.15, 0.2) is 6.79 Å². The van der Waals surface area contributed by atoms with Crippen LogP contribution >= 0.6 is 8.60 Å². The molecule has 1 aliphatic rings. The quantitative estimate of drug-likeness (QED) is 0.592. The SMILES string of the molecule is CC(C)c1cccc(C(C)C2CC2)c1OCOP(O)O. The van der Waals surface area contributed by atoms with Gasteiger partial charge in [0.1, 0.15) is 5.75 Å². The minimum absolute atomic E-state index is 0.132. The van der Waals surface area contributed by atoms with Crippen LogP contribution in [0.4, 0.5) is 0 Å². The molecule has 5 heteroatoms. The zero-order chi connectivity index (χ0) is 14.7. The molecular formula is C15H23O4P. The largest absolute Gasteiger partial charge is 0.466 e. The Labute approximate surface area is 121 Å². The van der Waals surface area contributed by atoms with Crippen LogP contribution in [0.1, 0.15) is 56.6 Å². The van der Waals surface area contributed by atoms with E-state index in [1.165, 1.54) is 18.4 Å². The predicted molar refractivity (Wildman–Crippen MR) is 79.6 cm³/mol. The molecule has 2 N–H and O–H groups in total. The number of hydrogen-bond donors (Lipinski definition) is 2. The van der Waals surface area contributed by atoms with Gasteiger partial charge in [-0.1, -0.05) is 39.0 Å². The van der Waals surface area contributed by atoms with Crippen LogP contribution in [0.5, 0.6) is 5.75 Å². The van der Waals surface area contributed by atoms with Gasteiger partial charge in [-0.05, 0) is 41.7 Å². The van der Waals surface area contributed by atoms with Crippen LogP contribution in [0, 0.1) is 5.92 Å². The fourth-order valence-electron chi connectivity index (χ4n) is 2.54. The van der Waals surface area contributed by atoms with Crippen molar-refractivity contribution < 1.29 is 19.0 Å². The Morgan fingerprint density at radius 2 is 1.85 bits per heavy atom. The van der Waals surface area contributed by atoms with Crippen LogP contribution in [0.15, 0.2) is 18.2 Å². The molecule has 1 aliphatic carbocycles. The fourth-order valence-corrected chi connectivity index (χ4v) is 2.68. The molecule has 0 saturated heterocycles. The molecule has 2 rings (SSSR count). The van der Waals surface area contributed by atoms with E-state index in [4.69, 9.17) is 19.0 Å². The lowest BCUT2D eigenvalue weighted by Crippen LogP contribution is -2.08. The first kappa shape index (κ1) is 15.7. The molecule has 1 fully saturated rings. The Bertz CT molecular complexity index is 443. The third-order valence-corrected chi connectivity index (χ3v) is 4.23.